The molecule has 1 saturated heterocycles. The fourth-order valence-corrected chi connectivity index (χ4v) is 3.28. The molecular formula is C13H17NO2S. The first-order valence-corrected chi connectivity index (χ1v) is 6.70. The molecule has 0 unspecified atom stereocenters. The molecule has 0 amide bonds. The highest BCUT2D eigenvalue weighted by molar-refractivity contribution is 8.00. The number of aliphatic carboxylic acids is 1. The van der Waals surface area contributed by atoms with Gasteiger partial charge in [0, 0.05) is 18.8 Å². The van der Waals surface area contributed by atoms with Crippen LogP contribution >= 0.6 is 11.8 Å². The number of hydrogen-bond acceptors (Lipinski definition) is 3. The summed E-state index contributed by atoms with van der Waals surface area (Å²) in [5.41, 5.74) is 2.52. The van der Waals surface area contributed by atoms with Crippen LogP contribution in [0.15, 0.2) is 24.3 Å². The fraction of sp³-hybridized carbons (Fsp3) is 0.462. The molecule has 1 aliphatic heterocycles. The van der Waals surface area contributed by atoms with Gasteiger partial charge in [0.2, 0.25) is 0 Å². The Bertz CT molecular complexity index is 416. The van der Waals surface area contributed by atoms with Gasteiger partial charge in [-0.15, -0.1) is 11.8 Å². The number of benzene rings is 1. The second-order valence-electron chi connectivity index (χ2n) is 4.63. The minimum Gasteiger partial charge on any atom is -0.481 e. The van der Waals surface area contributed by atoms with E-state index < -0.39 is 5.97 Å². The van der Waals surface area contributed by atoms with Crippen molar-refractivity contribution < 1.29 is 9.90 Å². The lowest BCUT2D eigenvalue weighted by atomic mass is 9.98. The van der Waals surface area contributed by atoms with E-state index in [4.69, 9.17) is 5.11 Å². The first kappa shape index (κ1) is 12.5. The molecule has 0 spiro atoms. The average Bonchev–Trinajstić information content (AvgIpc) is 2.21. The lowest BCUT2D eigenvalue weighted by Gasteiger charge is -2.41. The maximum Gasteiger partial charge on any atom is 0.304 e. The first-order chi connectivity index (χ1) is 8.10. The summed E-state index contributed by atoms with van der Waals surface area (Å²) in [6, 6.07) is 8.38. The van der Waals surface area contributed by atoms with Crippen LogP contribution in [-0.2, 0) is 10.5 Å². The van der Waals surface area contributed by atoms with E-state index in [0.29, 0.717) is 0 Å². The van der Waals surface area contributed by atoms with Crippen LogP contribution in [-0.4, -0.2) is 28.9 Å². The number of rotatable bonds is 5. The summed E-state index contributed by atoms with van der Waals surface area (Å²) in [5.74, 6) is 0.180. The van der Waals surface area contributed by atoms with E-state index >= 15 is 0 Å². The van der Waals surface area contributed by atoms with Crippen LogP contribution in [0.1, 0.15) is 17.5 Å². The highest BCUT2D eigenvalue weighted by atomic mass is 32.2. The minimum atomic E-state index is -0.705. The van der Waals surface area contributed by atoms with Gasteiger partial charge in [0.15, 0.2) is 0 Å². The summed E-state index contributed by atoms with van der Waals surface area (Å²) in [4.78, 5) is 10.8. The van der Waals surface area contributed by atoms with Gasteiger partial charge in [-0.25, -0.2) is 0 Å². The summed E-state index contributed by atoms with van der Waals surface area (Å²) < 4.78 is -0.102. The van der Waals surface area contributed by atoms with E-state index in [1.807, 2.05) is 6.07 Å². The zero-order valence-corrected chi connectivity index (χ0v) is 10.7. The molecule has 17 heavy (non-hydrogen) atoms. The predicted molar refractivity (Wildman–Crippen MR) is 70.3 cm³/mol. The van der Waals surface area contributed by atoms with Crippen LogP contribution < -0.4 is 5.32 Å². The Kier molecular flexibility index (Phi) is 3.74. The van der Waals surface area contributed by atoms with Crippen molar-refractivity contribution in [2.75, 3.05) is 13.1 Å². The maximum atomic E-state index is 10.8. The standard InChI is InChI=1S/C13H17NO2S/c1-10-3-2-4-11(5-10)7-17-13(6-12(15)16)8-14-9-13/h2-5,14H,6-9H2,1H3,(H,15,16). The van der Waals surface area contributed by atoms with Crippen molar-refractivity contribution in [1.29, 1.82) is 0 Å². The van der Waals surface area contributed by atoms with Crippen LogP contribution in [0.5, 0.6) is 0 Å². The van der Waals surface area contributed by atoms with Crippen molar-refractivity contribution in [2.24, 2.45) is 0 Å². The molecule has 2 rings (SSSR count). The van der Waals surface area contributed by atoms with Crippen LogP contribution in [0, 0.1) is 6.92 Å². The van der Waals surface area contributed by atoms with Crippen molar-refractivity contribution in [3.8, 4) is 0 Å². The van der Waals surface area contributed by atoms with Gasteiger partial charge in [0.05, 0.1) is 11.2 Å². The molecule has 0 saturated carbocycles. The molecule has 4 heteroatoms. The number of thioether (sulfide) groups is 1. The predicted octanol–water partition coefficient (Wildman–Crippen LogP) is 2.04. The van der Waals surface area contributed by atoms with Crippen molar-refractivity contribution >= 4 is 17.7 Å². The van der Waals surface area contributed by atoms with E-state index in [0.717, 1.165) is 18.8 Å². The van der Waals surface area contributed by atoms with E-state index in [9.17, 15) is 4.79 Å². The molecule has 0 bridgehead atoms. The minimum absolute atomic E-state index is 0.102. The van der Waals surface area contributed by atoms with Crippen molar-refractivity contribution in [1.82, 2.24) is 5.32 Å². The zero-order valence-electron chi connectivity index (χ0n) is 9.90. The Morgan fingerprint density at radius 1 is 1.53 bits per heavy atom. The number of aryl methyl sites for hydroxylation is 1. The van der Waals surface area contributed by atoms with E-state index in [-0.39, 0.29) is 11.2 Å². The van der Waals surface area contributed by atoms with Gasteiger partial charge in [-0.05, 0) is 12.5 Å². The molecule has 1 heterocycles. The van der Waals surface area contributed by atoms with Gasteiger partial charge in [-0.1, -0.05) is 29.8 Å². The van der Waals surface area contributed by atoms with Crippen LogP contribution in [0.25, 0.3) is 0 Å². The van der Waals surface area contributed by atoms with Gasteiger partial charge in [0.25, 0.3) is 0 Å². The number of carbonyl (C=O) groups is 1. The third-order valence-corrected chi connectivity index (χ3v) is 4.52. The molecule has 1 aliphatic rings. The van der Waals surface area contributed by atoms with Crippen LogP contribution in [0.3, 0.4) is 0 Å². The molecular weight excluding hydrogens is 234 g/mol. The summed E-state index contributed by atoms with van der Waals surface area (Å²) in [7, 11) is 0. The monoisotopic (exact) mass is 251 g/mol. The smallest absolute Gasteiger partial charge is 0.304 e. The third-order valence-electron chi connectivity index (χ3n) is 3.00. The van der Waals surface area contributed by atoms with Gasteiger partial charge < -0.3 is 10.4 Å². The maximum absolute atomic E-state index is 10.8. The van der Waals surface area contributed by atoms with Crippen molar-refractivity contribution in [3.63, 3.8) is 0 Å². The molecule has 2 N–H and O–H groups in total. The van der Waals surface area contributed by atoms with Crippen molar-refractivity contribution in [2.45, 2.75) is 23.8 Å². The number of carboxylic acid groups (broad SMARTS) is 1. The molecule has 0 aliphatic carbocycles. The topological polar surface area (TPSA) is 49.3 Å². The molecule has 1 fully saturated rings. The Morgan fingerprint density at radius 2 is 2.29 bits per heavy atom. The summed E-state index contributed by atoms with van der Waals surface area (Å²) in [6.45, 7) is 3.68. The highest BCUT2D eigenvalue weighted by Crippen LogP contribution is 2.35. The largest absolute Gasteiger partial charge is 0.481 e. The zero-order chi connectivity index (χ0) is 12.3. The second-order valence-corrected chi connectivity index (χ2v) is 6.08. The van der Waals surface area contributed by atoms with E-state index in [1.54, 1.807) is 11.8 Å². The lowest BCUT2D eigenvalue weighted by molar-refractivity contribution is -0.138. The Labute approximate surface area is 106 Å². The average molecular weight is 251 g/mol. The quantitative estimate of drug-likeness (QED) is 0.841. The normalized spacial score (nSPS) is 17.5. The Morgan fingerprint density at radius 3 is 2.82 bits per heavy atom. The molecule has 1 aromatic rings. The molecule has 0 atom stereocenters. The van der Waals surface area contributed by atoms with Gasteiger partial charge in [-0.3, -0.25) is 4.79 Å². The summed E-state index contributed by atoms with van der Waals surface area (Å²) >= 11 is 1.76. The molecule has 0 radical (unpaired) electrons. The lowest BCUT2D eigenvalue weighted by Crippen LogP contribution is -2.58. The number of nitrogens with one attached hydrogen (secondary N) is 1. The Balaban J connectivity index is 1.94. The van der Waals surface area contributed by atoms with Crippen LogP contribution in [0.4, 0.5) is 0 Å². The first-order valence-electron chi connectivity index (χ1n) is 5.72. The molecule has 1 aromatic carbocycles. The van der Waals surface area contributed by atoms with E-state index in [2.05, 4.69) is 30.4 Å². The highest BCUT2D eigenvalue weighted by Gasteiger charge is 2.39. The van der Waals surface area contributed by atoms with E-state index in [1.165, 1.54) is 11.1 Å². The van der Waals surface area contributed by atoms with Gasteiger partial charge in [-0.2, -0.15) is 0 Å². The third kappa shape index (κ3) is 3.23. The fourth-order valence-electron chi connectivity index (χ4n) is 2.00. The molecule has 3 nitrogen and oxygen atoms in total. The number of hydrogen-bond donors (Lipinski definition) is 2. The van der Waals surface area contributed by atoms with Gasteiger partial charge in [0.1, 0.15) is 0 Å². The second kappa shape index (κ2) is 5.10. The summed E-state index contributed by atoms with van der Waals surface area (Å²) in [6.07, 6.45) is 0.247. The molecule has 0 aromatic heterocycles. The molecule has 92 valence electrons. The summed E-state index contributed by atoms with van der Waals surface area (Å²) in [5, 5.41) is 12.1. The van der Waals surface area contributed by atoms with Crippen LogP contribution in [0.2, 0.25) is 0 Å². The van der Waals surface area contributed by atoms with Crippen molar-refractivity contribution in [3.05, 3.63) is 35.4 Å². The SMILES string of the molecule is Cc1cccc(CSC2(CC(=O)O)CNC2)c1. The van der Waals surface area contributed by atoms with Gasteiger partial charge >= 0.3 is 5.97 Å². The number of carboxylic acids is 1. The Hall–Kier alpha value is -1.00.